The fourth-order valence-corrected chi connectivity index (χ4v) is 0.882. The van der Waals surface area contributed by atoms with Gasteiger partial charge in [-0.1, -0.05) is 6.42 Å². The zero-order valence-corrected chi connectivity index (χ0v) is 7.52. The third-order valence-electron chi connectivity index (χ3n) is 1.50. The first kappa shape index (κ1) is 10.9. The van der Waals surface area contributed by atoms with Crippen LogP contribution in [-0.2, 0) is 4.79 Å². The predicted molar refractivity (Wildman–Crippen MR) is 49.1 cm³/mol. The minimum Gasteiger partial charge on any atom is -0.388 e. The highest BCUT2D eigenvalue weighted by molar-refractivity contribution is 5.76. The van der Waals surface area contributed by atoms with Gasteiger partial charge in [0.15, 0.2) is 0 Å². The fraction of sp³-hybridized carbons (Fsp3) is 0.750. The second kappa shape index (κ2) is 6.64. The number of nitrogens with one attached hydrogen (secondary N) is 2. The number of nitrogens with two attached hydrogens (primary N) is 1. The SMILES string of the molecule is CC(=O)NCCCCCC(=N)N. The summed E-state index contributed by atoms with van der Waals surface area (Å²) in [7, 11) is 0. The lowest BCUT2D eigenvalue weighted by molar-refractivity contribution is -0.118. The minimum atomic E-state index is 0.0153. The number of amidine groups is 1. The number of rotatable bonds is 6. The zero-order chi connectivity index (χ0) is 9.40. The van der Waals surface area contributed by atoms with E-state index in [1.807, 2.05) is 0 Å². The number of carbonyl (C=O) groups is 1. The largest absolute Gasteiger partial charge is 0.388 e. The van der Waals surface area contributed by atoms with Gasteiger partial charge >= 0.3 is 0 Å². The van der Waals surface area contributed by atoms with Crippen molar-refractivity contribution in [2.75, 3.05) is 6.54 Å². The van der Waals surface area contributed by atoms with E-state index in [-0.39, 0.29) is 11.7 Å². The molecule has 0 aliphatic heterocycles. The molecule has 0 aromatic rings. The highest BCUT2D eigenvalue weighted by Crippen LogP contribution is 1.97. The third kappa shape index (κ3) is 8.94. The standard InChI is InChI=1S/C8H17N3O/c1-7(12)11-6-4-2-3-5-8(9)10/h2-6H2,1H3,(H3,9,10)(H,11,12). The van der Waals surface area contributed by atoms with Crippen molar-refractivity contribution in [1.82, 2.24) is 5.32 Å². The number of hydrogen-bond acceptors (Lipinski definition) is 2. The lowest BCUT2D eigenvalue weighted by atomic mass is 10.2. The molecule has 70 valence electrons. The molecule has 0 aliphatic rings. The third-order valence-corrected chi connectivity index (χ3v) is 1.50. The summed E-state index contributed by atoms with van der Waals surface area (Å²) in [6, 6.07) is 0. The molecule has 0 saturated carbocycles. The van der Waals surface area contributed by atoms with Crippen LogP contribution in [0.2, 0.25) is 0 Å². The summed E-state index contributed by atoms with van der Waals surface area (Å²) < 4.78 is 0. The van der Waals surface area contributed by atoms with Gasteiger partial charge in [0, 0.05) is 19.9 Å². The van der Waals surface area contributed by atoms with Crippen molar-refractivity contribution in [1.29, 1.82) is 5.41 Å². The van der Waals surface area contributed by atoms with Crippen LogP contribution in [0, 0.1) is 5.41 Å². The summed E-state index contributed by atoms with van der Waals surface area (Å²) in [5.41, 5.74) is 5.17. The lowest BCUT2D eigenvalue weighted by Gasteiger charge is -2.01. The highest BCUT2D eigenvalue weighted by Gasteiger charge is 1.92. The summed E-state index contributed by atoms with van der Waals surface area (Å²) in [6.45, 7) is 2.24. The lowest BCUT2D eigenvalue weighted by Crippen LogP contribution is -2.20. The predicted octanol–water partition coefficient (Wildman–Crippen LogP) is 0.619. The van der Waals surface area contributed by atoms with Crippen molar-refractivity contribution in [3.63, 3.8) is 0 Å². The molecule has 12 heavy (non-hydrogen) atoms. The summed E-state index contributed by atoms with van der Waals surface area (Å²) in [5.74, 6) is 0.260. The van der Waals surface area contributed by atoms with Gasteiger partial charge in [0.2, 0.25) is 5.91 Å². The van der Waals surface area contributed by atoms with E-state index in [1.54, 1.807) is 0 Å². The topological polar surface area (TPSA) is 79.0 Å². The van der Waals surface area contributed by atoms with E-state index in [0.717, 1.165) is 25.8 Å². The molecule has 4 N–H and O–H groups in total. The molecular formula is C8H17N3O. The Balaban J connectivity index is 3.01. The molecule has 0 atom stereocenters. The quantitative estimate of drug-likeness (QED) is 0.311. The van der Waals surface area contributed by atoms with Crippen LogP contribution in [0.1, 0.15) is 32.6 Å². The van der Waals surface area contributed by atoms with E-state index in [1.165, 1.54) is 6.92 Å². The zero-order valence-electron chi connectivity index (χ0n) is 7.52. The van der Waals surface area contributed by atoms with Crippen molar-refractivity contribution in [3.05, 3.63) is 0 Å². The Kier molecular flexibility index (Phi) is 6.05. The molecule has 0 unspecified atom stereocenters. The summed E-state index contributed by atoms with van der Waals surface area (Å²) >= 11 is 0. The molecule has 0 radical (unpaired) electrons. The van der Waals surface area contributed by atoms with Crippen molar-refractivity contribution in [3.8, 4) is 0 Å². The van der Waals surface area contributed by atoms with Gasteiger partial charge in [0.05, 0.1) is 5.84 Å². The molecule has 4 heteroatoms. The van der Waals surface area contributed by atoms with Gasteiger partial charge in [-0.25, -0.2) is 0 Å². The number of unbranched alkanes of at least 4 members (excludes halogenated alkanes) is 2. The van der Waals surface area contributed by atoms with Crippen LogP contribution in [0.15, 0.2) is 0 Å². The van der Waals surface area contributed by atoms with Crippen LogP contribution in [0.4, 0.5) is 0 Å². The molecule has 1 amide bonds. The van der Waals surface area contributed by atoms with E-state index in [0.29, 0.717) is 6.42 Å². The first-order valence-corrected chi connectivity index (χ1v) is 4.20. The number of hydrogen-bond donors (Lipinski definition) is 3. The van der Waals surface area contributed by atoms with Crippen LogP contribution in [0.3, 0.4) is 0 Å². The van der Waals surface area contributed by atoms with E-state index in [2.05, 4.69) is 5.32 Å². The Hall–Kier alpha value is -1.06. The fourth-order valence-electron chi connectivity index (χ4n) is 0.882. The van der Waals surface area contributed by atoms with E-state index in [9.17, 15) is 4.79 Å². The maximum absolute atomic E-state index is 10.4. The van der Waals surface area contributed by atoms with Crippen molar-refractivity contribution < 1.29 is 4.79 Å². The summed E-state index contributed by atoms with van der Waals surface area (Å²) in [5, 5.41) is 9.66. The molecule has 4 nitrogen and oxygen atoms in total. The van der Waals surface area contributed by atoms with Crippen molar-refractivity contribution in [2.24, 2.45) is 5.73 Å². The Bertz CT molecular complexity index is 138. The molecule has 0 rings (SSSR count). The maximum atomic E-state index is 10.4. The van der Waals surface area contributed by atoms with Gasteiger partial charge in [-0.3, -0.25) is 10.2 Å². The number of carbonyl (C=O) groups excluding carboxylic acids is 1. The van der Waals surface area contributed by atoms with Crippen molar-refractivity contribution >= 4 is 11.7 Å². The van der Waals surface area contributed by atoms with Crippen LogP contribution >= 0.6 is 0 Å². The van der Waals surface area contributed by atoms with E-state index < -0.39 is 0 Å². The molecule has 0 aromatic heterocycles. The highest BCUT2D eigenvalue weighted by atomic mass is 16.1. The maximum Gasteiger partial charge on any atom is 0.216 e. The Labute approximate surface area is 73.0 Å². The molecule has 0 saturated heterocycles. The van der Waals surface area contributed by atoms with Gasteiger partial charge in [0.25, 0.3) is 0 Å². The molecule has 0 bridgehead atoms. The normalized spacial score (nSPS) is 9.42. The summed E-state index contributed by atoms with van der Waals surface area (Å²) in [6.07, 6.45) is 3.59. The van der Waals surface area contributed by atoms with Gasteiger partial charge in [-0.05, 0) is 12.8 Å². The Morgan fingerprint density at radius 3 is 2.58 bits per heavy atom. The average Bonchev–Trinajstić information content (AvgIpc) is 1.95. The molecule has 0 aliphatic carbocycles. The summed E-state index contributed by atoms with van der Waals surface area (Å²) in [4.78, 5) is 10.4. The van der Waals surface area contributed by atoms with Gasteiger partial charge in [0.1, 0.15) is 0 Å². The smallest absolute Gasteiger partial charge is 0.216 e. The van der Waals surface area contributed by atoms with Crippen molar-refractivity contribution in [2.45, 2.75) is 32.6 Å². The molecule has 0 heterocycles. The Morgan fingerprint density at radius 2 is 2.08 bits per heavy atom. The van der Waals surface area contributed by atoms with Crippen LogP contribution in [0.25, 0.3) is 0 Å². The number of amides is 1. The first-order chi connectivity index (χ1) is 5.63. The minimum absolute atomic E-state index is 0.0153. The van der Waals surface area contributed by atoms with Gasteiger partial charge in [-0.15, -0.1) is 0 Å². The monoisotopic (exact) mass is 171 g/mol. The average molecular weight is 171 g/mol. The molecule has 0 spiro atoms. The van der Waals surface area contributed by atoms with Gasteiger partial charge < -0.3 is 11.1 Å². The van der Waals surface area contributed by atoms with E-state index in [4.69, 9.17) is 11.1 Å². The van der Waals surface area contributed by atoms with Gasteiger partial charge in [-0.2, -0.15) is 0 Å². The molecule has 0 fully saturated rings. The van der Waals surface area contributed by atoms with Crippen LogP contribution in [-0.4, -0.2) is 18.3 Å². The van der Waals surface area contributed by atoms with E-state index >= 15 is 0 Å². The first-order valence-electron chi connectivity index (χ1n) is 4.20. The van der Waals surface area contributed by atoms with Crippen LogP contribution in [0.5, 0.6) is 0 Å². The molecule has 0 aromatic carbocycles. The second-order valence-electron chi connectivity index (χ2n) is 2.82. The van der Waals surface area contributed by atoms with Crippen LogP contribution < -0.4 is 11.1 Å². The second-order valence-corrected chi connectivity index (χ2v) is 2.82. The molecular weight excluding hydrogens is 154 g/mol. The Morgan fingerprint density at radius 1 is 1.42 bits per heavy atom.